The van der Waals surface area contributed by atoms with E-state index in [-0.39, 0.29) is 18.3 Å². The summed E-state index contributed by atoms with van der Waals surface area (Å²) in [4.78, 5) is 12.2. The first-order chi connectivity index (χ1) is 11.8. The number of hydrogen-bond acceptors (Lipinski definition) is 5. The monoisotopic (exact) mass is 402 g/mol. The van der Waals surface area contributed by atoms with E-state index in [1.54, 1.807) is 0 Å². The van der Waals surface area contributed by atoms with Crippen molar-refractivity contribution in [1.29, 1.82) is 0 Å². The predicted octanol–water partition coefficient (Wildman–Crippen LogP) is 3.55. The molecule has 2 heterocycles. The zero-order chi connectivity index (χ0) is 16.6. The van der Waals surface area contributed by atoms with Crippen LogP contribution >= 0.6 is 35.9 Å². The molecule has 0 saturated carbocycles. The average Bonchev–Trinajstić information content (AvgIpc) is 2.62. The molecule has 1 aromatic rings. The van der Waals surface area contributed by atoms with Gasteiger partial charge in [0.2, 0.25) is 5.91 Å². The van der Waals surface area contributed by atoms with Crippen LogP contribution in [0, 0.1) is 0 Å². The molecule has 3 rings (SSSR count). The number of amides is 1. The number of thioether (sulfide) groups is 2. The second-order valence-electron chi connectivity index (χ2n) is 6.30. The lowest BCUT2D eigenvalue weighted by Crippen LogP contribution is -2.39. The average molecular weight is 403 g/mol. The Kier molecular flexibility index (Phi) is 9.48. The largest absolute Gasteiger partial charge is 0.381 e. The third kappa shape index (κ3) is 7.39. The van der Waals surface area contributed by atoms with Crippen LogP contribution in [-0.2, 0) is 15.3 Å². The van der Waals surface area contributed by atoms with Gasteiger partial charge in [-0.15, -0.1) is 12.4 Å². The fourth-order valence-corrected chi connectivity index (χ4v) is 5.06. The number of anilines is 1. The highest BCUT2D eigenvalue weighted by atomic mass is 35.5. The molecule has 1 unspecified atom stereocenters. The van der Waals surface area contributed by atoms with E-state index in [1.807, 2.05) is 35.7 Å². The van der Waals surface area contributed by atoms with Crippen LogP contribution in [0.4, 0.5) is 5.69 Å². The molecule has 140 valence electrons. The minimum Gasteiger partial charge on any atom is -0.381 e. The molecule has 1 aromatic carbocycles. The second-order valence-corrected chi connectivity index (χ2v) is 8.74. The van der Waals surface area contributed by atoms with E-state index >= 15 is 0 Å². The first kappa shape index (κ1) is 20.9. The molecule has 2 aliphatic heterocycles. The summed E-state index contributed by atoms with van der Waals surface area (Å²) in [6.45, 7) is 2.78. The third-order valence-corrected chi connectivity index (χ3v) is 6.87. The molecule has 0 radical (unpaired) electrons. The van der Waals surface area contributed by atoms with Crippen molar-refractivity contribution in [2.45, 2.75) is 36.3 Å². The molecule has 25 heavy (non-hydrogen) atoms. The highest BCUT2D eigenvalue weighted by Gasteiger charge is 2.17. The van der Waals surface area contributed by atoms with E-state index in [0.717, 1.165) is 55.5 Å². The standard InChI is InChI=1S/C18H26N2O2S2.ClH/c21-18(11-16-13-23-9-6-19-16)20-15-3-1-2-14(10-15)12-24-17-4-7-22-8-5-17;/h1-3,10,16-17,19H,4-9,11-13H2,(H,20,21);1H. The summed E-state index contributed by atoms with van der Waals surface area (Å²) in [5, 5.41) is 7.16. The van der Waals surface area contributed by atoms with Gasteiger partial charge in [-0.2, -0.15) is 23.5 Å². The van der Waals surface area contributed by atoms with Crippen LogP contribution in [0.1, 0.15) is 24.8 Å². The normalized spacial score (nSPS) is 21.4. The Hall–Kier alpha value is -0.400. The fraction of sp³-hybridized carbons (Fsp3) is 0.611. The Bertz CT molecular complexity index is 536. The fourth-order valence-electron chi connectivity index (χ4n) is 2.98. The van der Waals surface area contributed by atoms with Crippen LogP contribution in [0.25, 0.3) is 0 Å². The molecule has 1 atom stereocenters. The molecule has 0 bridgehead atoms. The number of carbonyl (C=O) groups excluding carboxylic acids is 1. The summed E-state index contributed by atoms with van der Waals surface area (Å²) < 4.78 is 5.41. The van der Waals surface area contributed by atoms with Gasteiger partial charge >= 0.3 is 0 Å². The number of rotatable bonds is 6. The molecular weight excluding hydrogens is 376 g/mol. The molecule has 1 amide bonds. The Morgan fingerprint density at radius 3 is 2.96 bits per heavy atom. The van der Waals surface area contributed by atoms with Crippen molar-refractivity contribution in [2.24, 2.45) is 0 Å². The Balaban J connectivity index is 0.00000225. The molecule has 7 heteroatoms. The van der Waals surface area contributed by atoms with E-state index < -0.39 is 0 Å². The van der Waals surface area contributed by atoms with Gasteiger partial charge in [0.15, 0.2) is 0 Å². The Morgan fingerprint density at radius 1 is 1.36 bits per heavy atom. The summed E-state index contributed by atoms with van der Waals surface area (Å²) in [5.41, 5.74) is 2.18. The van der Waals surface area contributed by atoms with Gasteiger partial charge in [-0.3, -0.25) is 4.79 Å². The topological polar surface area (TPSA) is 50.4 Å². The maximum atomic E-state index is 12.2. The lowest BCUT2D eigenvalue weighted by atomic mass is 10.2. The maximum Gasteiger partial charge on any atom is 0.225 e. The smallest absolute Gasteiger partial charge is 0.225 e. The van der Waals surface area contributed by atoms with E-state index in [0.29, 0.717) is 17.7 Å². The zero-order valence-electron chi connectivity index (χ0n) is 14.4. The number of ether oxygens (including phenoxy) is 1. The van der Waals surface area contributed by atoms with E-state index in [1.165, 1.54) is 5.56 Å². The van der Waals surface area contributed by atoms with Crippen LogP contribution in [0.3, 0.4) is 0 Å². The molecule has 0 aromatic heterocycles. The molecule has 0 aliphatic carbocycles. The number of halogens is 1. The molecule has 2 fully saturated rings. The number of carbonyl (C=O) groups is 1. The lowest BCUT2D eigenvalue weighted by molar-refractivity contribution is -0.116. The van der Waals surface area contributed by atoms with Gasteiger partial charge < -0.3 is 15.4 Å². The van der Waals surface area contributed by atoms with Crippen LogP contribution in [-0.4, -0.2) is 48.5 Å². The van der Waals surface area contributed by atoms with Gasteiger partial charge in [0.1, 0.15) is 0 Å². The Morgan fingerprint density at radius 2 is 2.20 bits per heavy atom. The van der Waals surface area contributed by atoms with Crippen LogP contribution in [0.2, 0.25) is 0 Å². The molecule has 2 aliphatic rings. The summed E-state index contributed by atoms with van der Waals surface area (Å²) in [5.74, 6) is 3.26. The van der Waals surface area contributed by atoms with Gasteiger partial charge in [0, 0.05) is 60.4 Å². The van der Waals surface area contributed by atoms with Crippen molar-refractivity contribution < 1.29 is 9.53 Å². The molecular formula is C18H27ClN2O2S2. The molecule has 2 saturated heterocycles. The van der Waals surface area contributed by atoms with Gasteiger partial charge in [0.05, 0.1) is 0 Å². The van der Waals surface area contributed by atoms with Gasteiger partial charge in [-0.1, -0.05) is 12.1 Å². The third-order valence-electron chi connectivity index (χ3n) is 4.30. The van der Waals surface area contributed by atoms with Gasteiger partial charge in [-0.25, -0.2) is 0 Å². The highest BCUT2D eigenvalue weighted by Crippen LogP contribution is 2.26. The minimum absolute atomic E-state index is 0. The SMILES string of the molecule is Cl.O=C(CC1CSCCN1)Nc1cccc(CSC2CCOCC2)c1. The van der Waals surface area contributed by atoms with E-state index in [4.69, 9.17) is 4.74 Å². The summed E-state index contributed by atoms with van der Waals surface area (Å²) in [6.07, 6.45) is 2.84. The van der Waals surface area contributed by atoms with Crippen molar-refractivity contribution in [3.05, 3.63) is 29.8 Å². The van der Waals surface area contributed by atoms with Crippen molar-refractivity contribution in [2.75, 3.05) is 36.6 Å². The maximum absolute atomic E-state index is 12.2. The first-order valence-electron chi connectivity index (χ1n) is 8.69. The minimum atomic E-state index is 0. The predicted molar refractivity (Wildman–Crippen MR) is 111 cm³/mol. The second kappa shape index (κ2) is 11.3. The van der Waals surface area contributed by atoms with Crippen LogP contribution < -0.4 is 10.6 Å². The summed E-state index contributed by atoms with van der Waals surface area (Å²) in [6, 6.07) is 8.55. The Labute approximate surface area is 165 Å². The number of hydrogen-bond donors (Lipinski definition) is 2. The first-order valence-corrected chi connectivity index (χ1v) is 10.9. The van der Waals surface area contributed by atoms with Crippen molar-refractivity contribution in [3.63, 3.8) is 0 Å². The van der Waals surface area contributed by atoms with Crippen LogP contribution in [0.15, 0.2) is 24.3 Å². The summed E-state index contributed by atoms with van der Waals surface area (Å²) in [7, 11) is 0. The zero-order valence-corrected chi connectivity index (χ0v) is 16.8. The van der Waals surface area contributed by atoms with Crippen molar-refractivity contribution in [1.82, 2.24) is 5.32 Å². The quantitative estimate of drug-likeness (QED) is 0.761. The van der Waals surface area contributed by atoms with E-state index in [9.17, 15) is 4.79 Å². The number of nitrogens with one attached hydrogen (secondary N) is 2. The van der Waals surface area contributed by atoms with Gasteiger partial charge in [-0.05, 0) is 30.5 Å². The lowest BCUT2D eigenvalue weighted by Gasteiger charge is -2.22. The van der Waals surface area contributed by atoms with Crippen LogP contribution in [0.5, 0.6) is 0 Å². The van der Waals surface area contributed by atoms with E-state index in [2.05, 4.69) is 22.8 Å². The van der Waals surface area contributed by atoms with Crippen molar-refractivity contribution >= 4 is 47.5 Å². The molecule has 4 nitrogen and oxygen atoms in total. The van der Waals surface area contributed by atoms with Gasteiger partial charge in [0.25, 0.3) is 0 Å². The van der Waals surface area contributed by atoms with Crippen molar-refractivity contribution in [3.8, 4) is 0 Å². The molecule has 2 N–H and O–H groups in total. The highest BCUT2D eigenvalue weighted by molar-refractivity contribution is 7.99. The number of benzene rings is 1. The summed E-state index contributed by atoms with van der Waals surface area (Å²) >= 11 is 3.92. The molecule has 0 spiro atoms.